The summed E-state index contributed by atoms with van der Waals surface area (Å²) in [5.41, 5.74) is 5.71. The fraction of sp³-hybridized carbons (Fsp3) is 0.0435. The first kappa shape index (κ1) is 18.0. The monoisotopic (exact) mass is 418 g/mol. The van der Waals surface area contributed by atoms with Crippen molar-refractivity contribution in [1.29, 1.82) is 0 Å². The van der Waals surface area contributed by atoms with Gasteiger partial charge in [0.2, 0.25) is 0 Å². The number of nitrogens with zero attached hydrogens (tertiary/aromatic N) is 3. The van der Waals surface area contributed by atoms with Crippen LogP contribution in [0.25, 0.3) is 33.8 Å². The van der Waals surface area contributed by atoms with E-state index in [1.165, 1.54) is 0 Å². The highest BCUT2D eigenvalue weighted by Crippen LogP contribution is 2.29. The van der Waals surface area contributed by atoms with E-state index in [1.54, 1.807) is 6.07 Å². The molecule has 2 heterocycles. The Balaban J connectivity index is 1.63. The summed E-state index contributed by atoms with van der Waals surface area (Å²) in [7, 11) is 0. The van der Waals surface area contributed by atoms with Crippen LogP contribution in [-0.2, 0) is 6.54 Å². The maximum atomic E-state index is 6.44. The summed E-state index contributed by atoms with van der Waals surface area (Å²) in [4.78, 5) is 4.86. The predicted octanol–water partition coefficient (Wildman–Crippen LogP) is 6.45. The first-order valence-corrected chi connectivity index (χ1v) is 9.95. The Kier molecular flexibility index (Phi) is 4.58. The fourth-order valence-electron chi connectivity index (χ4n) is 3.45. The summed E-state index contributed by atoms with van der Waals surface area (Å²) in [6, 6.07) is 25.7. The molecule has 0 unspecified atom stereocenters. The van der Waals surface area contributed by atoms with Crippen LogP contribution >= 0.6 is 23.2 Å². The summed E-state index contributed by atoms with van der Waals surface area (Å²) in [6.45, 7) is 0.575. The van der Waals surface area contributed by atoms with Gasteiger partial charge in [-0.25, -0.2) is 4.98 Å². The summed E-state index contributed by atoms with van der Waals surface area (Å²) in [5, 5.41) is 8.89. The minimum Gasteiger partial charge on any atom is -0.318 e. The Morgan fingerprint density at radius 3 is 2.48 bits per heavy atom. The number of fused-ring (bicyclic) bond motifs is 1. The third-order valence-corrected chi connectivity index (χ3v) is 5.47. The van der Waals surface area contributed by atoms with Crippen molar-refractivity contribution in [3.8, 4) is 22.8 Å². The highest BCUT2D eigenvalue weighted by molar-refractivity contribution is 6.35. The number of aromatic amines is 1. The van der Waals surface area contributed by atoms with Gasteiger partial charge in [0.15, 0.2) is 5.82 Å². The molecule has 0 amide bonds. The number of hydrogen-bond acceptors (Lipinski definition) is 2. The quantitative estimate of drug-likeness (QED) is 0.364. The van der Waals surface area contributed by atoms with Gasteiger partial charge in [-0.2, -0.15) is 5.10 Å². The van der Waals surface area contributed by atoms with Crippen LogP contribution in [0.15, 0.2) is 78.9 Å². The molecule has 29 heavy (non-hydrogen) atoms. The Morgan fingerprint density at radius 2 is 1.66 bits per heavy atom. The van der Waals surface area contributed by atoms with E-state index in [2.05, 4.69) is 20.8 Å². The van der Waals surface area contributed by atoms with Crippen molar-refractivity contribution in [3.05, 3.63) is 94.5 Å². The van der Waals surface area contributed by atoms with Crippen LogP contribution in [0.3, 0.4) is 0 Å². The second-order valence-electron chi connectivity index (χ2n) is 6.78. The van der Waals surface area contributed by atoms with Gasteiger partial charge in [-0.15, -0.1) is 0 Å². The van der Waals surface area contributed by atoms with E-state index in [9.17, 15) is 0 Å². The number of rotatable bonds is 4. The maximum absolute atomic E-state index is 6.44. The Labute approximate surface area is 177 Å². The third-order valence-electron chi connectivity index (χ3n) is 4.89. The second kappa shape index (κ2) is 7.39. The molecule has 0 atom stereocenters. The van der Waals surface area contributed by atoms with Gasteiger partial charge >= 0.3 is 0 Å². The standard InChI is InChI=1S/C23H16Cl2N4/c24-17-11-10-16(18(25)12-17)14-29-22-9-5-4-8-19(22)26-23(29)21-13-20(27-28-21)15-6-2-1-3-7-15/h1-13H,14H2,(H,27,28). The average Bonchev–Trinajstić information content (AvgIpc) is 3.36. The van der Waals surface area contributed by atoms with Crippen molar-refractivity contribution in [2.24, 2.45) is 0 Å². The Morgan fingerprint density at radius 1 is 0.862 bits per heavy atom. The van der Waals surface area contributed by atoms with Gasteiger partial charge in [0.25, 0.3) is 0 Å². The van der Waals surface area contributed by atoms with Crippen LogP contribution in [0.5, 0.6) is 0 Å². The van der Waals surface area contributed by atoms with Crippen molar-refractivity contribution in [3.63, 3.8) is 0 Å². The maximum Gasteiger partial charge on any atom is 0.159 e. The molecular weight excluding hydrogens is 403 g/mol. The lowest BCUT2D eigenvalue weighted by Crippen LogP contribution is -2.03. The van der Waals surface area contributed by atoms with Crippen LogP contribution < -0.4 is 0 Å². The van der Waals surface area contributed by atoms with Gasteiger partial charge in [0, 0.05) is 15.6 Å². The SMILES string of the molecule is Clc1ccc(Cn2c(-c3cc(-c4ccccc4)n[nH]3)nc3ccccc32)c(Cl)c1. The number of aromatic nitrogens is 4. The van der Waals surface area contributed by atoms with Crippen LogP contribution in [0.4, 0.5) is 0 Å². The van der Waals surface area contributed by atoms with E-state index >= 15 is 0 Å². The van der Waals surface area contributed by atoms with E-state index in [0.29, 0.717) is 16.6 Å². The molecule has 2 aromatic heterocycles. The fourth-order valence-corrected chi connectivity index (χ4v) is 3.92. The van der Waals surface area contributed by atoms with E-state index in [-0.39, 0.29) is 0 Å². The van der Waals surface area contributed by atoms with E-state index < -0.39 is 0 Å². The van der Waals surface area contributed by atoms with Gasteiger partial charge in [-0.3, -0.25) is 5.10 Å². The number of imidazole rings is 1. The molecule has 0 saturated carbocycles. The van der Waals surface area contributed by atoms with Crippen molar-refractivity contribution >= 4 is 34.2 Å². The van der Waals surface area contributed by atoms with Gasteiger partial charge in [-0.1, -0.05) is 71.7 Å². The van der Waals surface area contributed by atoms with E-state index in [4.69, 9.17) is 28.2 Å². The molecule has 0 spiro atoms. The molecule has 0 radical (unpaired) electrons. The Hall–Kier alpha value is -3.08. The smallest absolute Gasteiger partial charge is 0.159 e. The number of halogens is 2. The van der Waals surface area contributed by atoms with Crippen LogP contribution in [-0.4, -0.2) is 19.7 Å². The molecule has 0 aliphatic carbocycles. The predicted molar refractivity (Wildman–Crippen MR) is 118 cm³/mol. The van der Waals surface area contributed by atoms with Gasteiger partial charge in [0.1, 0.15) is 5.69 Å². The molecular formula is C23H16Cl2N4. The van der Waals surface area contributed by atoms with Crippen molar-refractivity contribution in [1.82, 2.24) is 19.7 Å². The third kappa shape index (κ3) is 3.41. The highest BCUT2D eigenvalue weighted by atomic mass is 35.5. The summed E-state index contributed by atoms with van der Waals surface area (Å²) in [5.74, 6) is 0.812. The lowest BCUT2D eigenvalue weighted by atomic mass is 10.1. The molecule has 1 N–H and O–H groups in total. The molecule has 5 rings (SSSR count). The summed E-state index contributed by atoms with van der Waals surface area (Å²) >= 11 is 12.5. The van der Waals surface area contributed by atoms with E-state index in [1.807, 2.05) is 66.7 Å². The summed E-state index contributed by atoms with van der Waals surface area (Å²) < 4.78 is 2.15. The molecule has 0 saturated heterocycles. The molecule has 4 nitrogen and oxygen atoms in total. The number of para-hydroxylation sites is 2. The first-order chi connectivity index (χ1) is 14.2. The molecule has 5 aromatic rings. The topological polar surface area (TPSA) is 46.5 Å². The van der Waals surface area contributed by atoms with Crippen molar-refractivity contribution in [2.45, 2.75) is 6.54 Å². The molecule has 142 valence electrons. The van der Waals surface area contributed by atoms with Gasteiger partial charge in [0.05, 0.1) is 23.3 Å². The highest BCUT2D eigenvalue weighted by Gasteiger charge is 2.16. The minimum atomic E-state index is 0.575. The van der Waals surface area contributed by atoms with E-state index in [0.717, 1.165) is 39.4 Å². The number of benzene rings is 3. The average molecular weight is 419 g/mol. The first-order valence-electron chi connectivity index (χ1n) is 9.19. The summed E-state index contributed by atoms with van der Waals surface area (Å²) in [6.07, 6.45) is 0. The lowest BCUT2D eigenvalue weighted by Gasteiger charge is -2.10. The lowest BCUT2D eigenvalue weighted by molar-refractivity contribution is 0.829. The van der Waals surface area contributed by atoms with Crippen molar-refractivity contribution in [2.75, 3.05) is 0 Å². The number of hydrogen-bond donors (Lipinski definition) is 1. The second-order valence-corrected chi connectivity index (χ2v) is 7.62. The molecule has 0 fully saturated rings. The normalized spacial score (nSPS) is 11.2. The zero-order chi connectivity index (χ0) is 19.8. The molecule has 3 aromatic carbocycles. The van der Waals surface area contributed by atoms with Crippen LogP contribution in [0.2, 0.25) is 10.0 Å². The van der Waals surface area contributed by atoms with Crippen LogP contribution in [0, 0.1) is 0 Å². The minimum absolute atomic E-state index is 0.575. The molecule has 0 aliphatic heterocycles. The van der Waals surface area contributed by atoms with Gasteiger partial charge in [-0.05, 0) is 35.9 Å². The Bertz CT molecular complexity index is 1310. The number of H-pyrrole nitrogens is 1. The molecule has 0 aliphatic rings. The number of nitrogens with one attached hydrogen (secondary N) is 1. The molecule has 0 bridgehead atoms. The van der Waals surface area contributed by atoms with Gasteiger partial charge < -0.3 is 4.57 Å². The zero-order valence-electron chi connectivity index (χ0n) is 15.3. The van der Waals surface area contributed by atoms with Crippen LogP contribution in [0.1, 0.15) is 5.56 Å². The molecule has 6 heteroatoms. The zero-order valence-corrected chi connectivity index (χ0v) is 16.8. The largest absolute Gasteiger partial charge is 0.318 e. The van der Waals surface area contributed by atoms with Crippen molar-refractivity contribution < 1.29 is 0 Å².